The summed E-state index contributed by atoms with van der Waals surface area (Å²) in [4.78, 5) is 4.01. The number of halogens is 2. The predicted octanol–water partition coefficient (Wildman–Crippen LogP) is 3.28. The molecule has 0 saturated carbocycles. The third-order valence-electron chi connectivity index (χ3n) is 3.00. The van der Waals surface area contributed by atoms with Crippen molar-refractivity contribution in [3.8, 4) is 0 Å². The van der Waals surface area contributed by atoms with Crippen LogP contribution in [0.4, 0.5) is 0 Å². The molecule has 0 fully saturated rings. The molecule has 2 heterocycles. The fourth-order valence-electron chi connectivity index (χ4n) is 1.93. The van der Waals surface area contributed by atoms with Gasteiger partial charge in [0.1, 0.15) is 10.3 Å². The van der Waals surface area contributed by atoms with E-state index < -0.39 is 10.0 Å². The zero-order valence-electron chi connectivity index (χ0n) is 10.8. The van der Waals surface area contributed by atoms with E-state index >= 15 is 0 Å². The van der Waals surface area contributed by atoms with Gasteiger partial charge in [0.2, 0.25) is 0 Å². The second-order valence-corrected chi connectivity index (χ2v) is 6.99. The van der Waals surface area contributed by atoms with Gasteiger partial charge >= 0.3 is 0 Å². The molecule has 1 aromatic carbocycles. The van der Waals surface area contributed by atoms with Gasteiger partial charge in [-0.2, -0.15) is 17.6 Å². The van der Waals surface area contributed by atoms with Crippen molar-refractivity contribution in [1.82, 2.24) is 14.2 Å². The lowest BCUT2D eigenvalue weighted by atomic mass is 10.2. The summed E-state index contributed by atoms with van der Waals surface area (Å²) in [7, 11) is -3.81. The van der Waals surface area contributed by atoms with Crippen molar-refractivity contribution in [2.45, 2.75) is 11.8 Å². The lowest BCUT2D eigenvalue weighted by molar-refractivity contribution is 0.582. The molecule has 0 bridgehead atoms. The van der Waals surface area contributed by atoms with E-state index in [1.54, 1.807) is 12.1 Å². The molecular weight excluding hydrogens is 333 g/mol. The van der Waals surface area contributed by atoms with Crippen molar-refractivity contribution in [2.24, 2.45) is 0 Å². The molecular formula is C13H9Cl2N3O2S. The summed E-state index contributed by atoms with van der Waals surface area (Å²) in [5.74, 6) is 0. The molecule has 0 N–H and O–H groups in total. The van der Waals surface area contributed by atoms with Gasteiger partial charge in [-0.1, -0.05) is 40.9 Å². The van der Waals surface area contributed by atoms with Crippen LogP contribution in [-0.2, 0) is 10.0 Å². The van der Waals surface area contributed by atoms with E-state index in [2.05, 4.69) is 10.1 Å². The molecule has 0 aliphatic carbocycles. The van der Waals surface area contributed by atoms with Gasteiger partial charge in [0, 0.05) is 6.07 Å². The number of pyridine rings is 1. The van der Waals surface area contributed by atoms with Crippen LogP contribution in [0.25, 0.3) is 10.9 Å². The van der Waals surface area contributed by atoms with E-state index in [1.807, 2.05) is 6.92 Å². The monoisotopic (exact) mass is 341 g/mol. The third-order valence-corrected chi connectivity index (χ3v) is 5.10. The molecule has 0 aliphatic heterocycles. The highest BCUT2D eigenvalue weighted by atomic mass is 35.5. The molecule has 0 atom stereocenters. The van der Waals surface area contributed by atoms with Crippen LogP contribution in [0.3, 0.4) is 0 Å². The Hall–Kier alpha value is -1.63. The van der Waals surface area contributed by atoms with Crippen LogP contribution in [0.5, 0.6) is 0 Å². The lowest BCUT2D eigenvalue weighted by Gasteiger charge is -2.06. The fourth-order valence-corrected chi connectivity index (χ4v) is 3.66. The Morgan fingerprint density at radius 3 is 2.48 bits per heavy atom. The fraction of sp³-hybridized carbons (Fsp3) is 0.0769. The molecule has 0 unspecified atom stereocenters. The minimum Gasteiger partial charge on any atom is -0.224 e. The first-order valence-corrected chi connectivity index (χ1v) is 8.11. The van der Waals surface area contributed by atoms with Gasteiger partial charge in [-0.25, -0.2) is 4.98 Å². The highest BCUT2D eigenvalue weighted by Crippen LogP contribution is 2.27. The molecule has 5 nitrogen and oxygen atoms in total. The van der Waals surface area contributed by atoms with Crippen LogP contribution in [0.15, 0.2) is 41.4 Å². The Labute approximate surface area is 131 Å². The minimum absolute atomic E-state index is 0.105. The average Bonchev–Trinajstić information content (AvgIpc) is 2.83. The van der Waals surface area contributed by atoms with Crippen molar-refractivity contribution in [2.75, 3.05) is 0 Å². The quantitative estimate of drug-likeness (QED) is 0.671. The van der Waals surface area contributed by atoms with Crippen LogP contribution in [-0.4, -0.2) is 22.6 Å². The van der Waals surface area contributed by atoms with Crippen LogP contribution < -0.4 is 0 Å². The summed E-state index contributed by atoms with van der Waals surface area (Å²) in [6.07, 6.45) is 1.35. The van der Waals surface area contributed by atoms with Gasteiger partial charge in [-0.15, -0.1) is 0 Å². The average molecular weight is 342 g/mol. The molecule has 0 spiro atoms. The van der Waals surface area contributed by atoms with Gasteiger partial charge < -0.3 is 0 Å². The van der Waals surface area contributed by atoms with Crippen LogP contribution in [0, 0.1) is 6.92 Å². The largest absolute Gasteiger partial charge is 0.283 e. The maximum atomic E-state index is 12.6. The first-order valence-electron chi connectivity index (χ1n) is 5.91. The maximum absolute atomic E-state index is 12.6. The van der Waals surface area contributed by atoms with E-state index in [0.717, 1.165) is 9.65 Å². The Bertz CT molecular complexity index is 934. The highest BCUT2D eigenvalue weighted by Gasteiger charge is 2.21. The number of hydrogen-bond donors (Lipinski definition) is 0. The van der Waals surface area contributed by atoms with E-state index in [1.165, 1.54) is 24.4 Å². The van der Waals surface area contributed by atoms with Gasteiger partial charge in [0.15, 0.2) is 0 Å². The molecule has 8 heteroatoms. The first kappa shape index (κ1) is 14.3. The van der Waals surface area contributed by atoms with Crippen LogP contribution >= 0.6 is 23.2 Å². The Morgan fingerprint density at radius 1 is 1.14 bits per heavy atom. The Morgan fingerprint density at radius 2 is 1.81 bits per heavy atom. The summed E-state index contributed by atoms with van der Waals surface area (Å²) in [5, 5.41) is 4.56. The SMILES string of the molecule is Cc1ccc(S(=O)(=O)n2ncc3c(Cl)nc(Cl)cc32)cc1. The lowest BCUT2D eigenvalue weighted by Crippen LogP contribution is -2.14. The predicted molar refractivity (Wildman–Crippen MR) is 81.3 cm³/mol. The number of aromatic nitrogens is 3. The Balaban J connectivity index is 2.27. The molecule has 0 saturated heterocycles. The standard InChI is InChI=1S/C13H9Cl2N3O2S/c1-8-2-4-9(5-3-8)21(19,20)18-11-6-12(14)17-13(15)10(11)7-16-18/h2-7H,1H3. The van der Waals surface area contributed by atoms with Gasteiger partial charge in [0.25, 0.3) is 10.0 Å². The van der Waals surface area contributed by atoms with Crippen LogP contribution in [0.2, 0.25) is 10.3 Å². The van der Waals surface area contributed by atoms with Gasteiger partial charge in [0.05, 0.1) is 22.0 Å². The van der Waals surface area contributed by atoms with Gasteiger partial charge in [-0.05, 0) is 19.1 Å². The van der Waals surface area contributed by atoms with E-state index in [-0.39, 0.29) is 15.2 Å². The van der Waals surface area contributed by atoms with E-state index in [9.17, 15) is 8.42 Å². The summed E-state index contributed by atoms with van der Waals surface area (Å²) < 4.78 is 26.2. The highest BCUT2D eigenvalue weighted by molar-refractivity contribution is 7.90. The van der Waals surface area contributed by atoms with Crippen molar-refractivity contribution >= 4 is 44.1 Å². The zero-order valence-corrected chi connectivity index (χ0v) is 13.1. The molecule has 0 amide bonds. The number of aryl methyl sites for hydroxylation is 1. The number of hydrogen-bond acceptors (Lipinski definition) is 4. The van der Waals surface area contributed by atoms with Gasteiger partial charge in [-0.3, -0.25) is 0 Å². The van der Waals surface area contributed by atoms with Crippen LogP contribution in [0.1, 0.15) is 5.56 Å². The summed E-state index contributed by atoms with van der Waals surface area (Å²) in [6.45, 7) is 1.88. The molecule has 0 aliphatic rings. The molecule has 108 valence electrons. The number of fused-ring (bicyclic) bond motifs is 1. The topological polar surface area (TPSA) is 64.8 Å². The van der Waals surface area contributed by atoms with Crippen molar-refractivity contribution < 1.29 is 8.42 Å². The maximum Gasteiger partial charge on any atom is 0.283 e. The number of benzene rings is 1. The van der Waals surface area contributed by atoms with Crippen molar-refractivity contribution in [3.05, 3.63) is 52.4 Å². The molecule has 21 heavy (non-hydrogen) atoms. The zero-order chi connectivity index (χ0) is 15.2. The second-order valence-electron chi connectivity index (χ2n) is 4.47. The molecule has 3 rings (SSSR count). The van der Waals surface area contributed by atoms with E-state index in [4.69, 9.17) is 23.2 Å². The minimum atomic E-state index is -3.81. The van der Waals surface area contributed by atoms with Crippen molar-refractivity contribution in [3.63, 3.8) is 0 Å². The Kier molecular flexibility index (Phi) is 3.39. The van der Waals surface area contributed by atoms with Crippen molar-refractivity contribution in [1.29, 1.82) is 0 Å². The molecule has 3 aromatic rings. The normalized spacial score (nSPS) is 12.0. The molecule has 2 aromatic heterocycles. The second kappa shape index (κ2) is 4.98. The first-order chi connectivity index (χ1) is 9.89. The third kappa shape index (κ3) is 2.39. The summed E-state index contributed by atoms with van der Waals surface area (Å²) in [5.41, 5.74) is 1.26. The molecule has 0 radical (unpaired) electrons. The number of rotatable bonds is 2. The summed E-state index contributed by atoms with van der Waals surface area (Å²) in [6, 6.07) is 7.92. The number of nitrogens with zero attached hydrogens (tertiary/aromatic N) is 3. The smallest absolute Gasteiger partial charge is 0.224 e. The van der Waals surface area contributed by atoms with E-state index in [0.29, 0.717) is 10.9 Å². The summed E-state index contributed by atoms with van der Waals surface area (Å²) >= 11 is 11.8.